The molecule has 0 fully saturated rings. The number of fused-ring (bicyclic) bond motifs is 1. The molecule has 1 aliphatic heterocycles. The maximum atomic E-state index is 14.0. The summed E-state index contributed by atoms with van der Waals surface area (Å²) in [6, 6.07) is 7.17. The molecule has 0 bridgehead atoms. The molecule has 2 N–H and O–H groups in total. The van der Waals surface area contributed by atoms with Gasteiger partial charge in [0.05, 0.1) is 25.5 Å². The van der Waals surface area contributed by atoms with Crippen molar-refractivity contribution in [3.63, 3.8) is 0 Å². The summed E-state index contributed by atoms with van der Waals surface area (Å²) in [5.41, 5.74) is 1.70. The van der Waals surface area contributed by atoms with E-state index in [2.05, 4.69) is 5.32 Å². The monoisotopic (exact) mass is 361 g/mol. The molecule has 26 heavy (non-hydrogen) atoms. The van der Waals surface area contributed by atoms with E-state index in [0.717, 1.165) is 35.4 Å². The van der Waals surface area contributed by atoms with Gasteiger partial charge in [-0.05, 0) is 23.3 Å². The molecule has 0 unspecified atom stereocenters. The van der Waals surface area contributed by atoms with Gasteiger partial charge in [-0.1, -0.05) is 18.2 Å². The summed E-state index contributed by atoms with van der Waals surface area (Å²) in [5.74, 6) is -2.52. The largest absolute Gasteiger partial charge is 0.493 e. The Morgan fingerprint density at radius 2 is 2.00 bits per heavy atom. The number of amides is 1. The molecule has 2 aromatic rings. The van der Waals surface area contributed by atoms with Gasteiger partial charge in [-0.3, -0.25) is 9.59 Å². The first-order chi connectivity index (χ1) is 12.4. The molecule has 5 nitrogen and oxygen atoms in total. The first kappa shape index (κ1) is 17.8. The predicted octanol–water partition coefficient (Wildman–Crippen LogP) is 2.77. The van der Waals surface area contributed by atoms with Gasteiger partial charge >= 0.3 is 5.97 Å². The van der Waals surface area contributed by atoms with Crippen molar-refractivity contribution in [1.82, 2.24) is 5.32 Å². The number of halogens is 2. The molecule has 1 aliphatic rings. The van der Waals surface area contributed by atoms with Gasteiger partial charge in [0.15, 0.2) is 0 Å². The fourth-order valence-electron chi connectivity index (χ4n) is 2.98. The summed E-state index contributed by atoms with van der Waals surface area (Å²) >= 11 is 0. The minimum atomic E-state index is -1.20. The van der Waals surface area contributed by atoms with Crippen molar-refractivity contribution >= 4 is 11.9 Å². The Hall–Kier alpha value is -2.96. The number of benzene rings is 2. The van der Waals surface area contributed by atoms with E-state index in [-0.39, 0.29) is 12.0 Å². The Kier molecular flexibility index (Phi) is 5.16. The van der Waals surface area contributed by atoms with Crippen LogP contribution in [0.25, 0.3) is 0 Å². The number of aliphatic carboxylic acids is 1. The summed E-state index contributed by atoms with van der Waals surface area (Å²) in [6.45, 7) is 0.607. The lowest BCUT2D eigenvalue weighted by Gasteiger charge is -2.18. The Morgan fingerprint density at radius 3 is 2.73 bits per heavy atom. The zero-order chi connectivity index (χ0) is 18.7. The van der Waals surface area contributed by atoms with Gasteiger partial charge in [-0.2, -0.15) is 0 Å². The van der Waals surface area contributed by atoms with Crippen LogP contribution in [0, 0.1) is 11.6 Å². The molecule has 1 heterocycles. The molecule has 0 saturated carbocycles. The van der Waals surface area contributed by atoms with E-state index in [4.69, 9.17) is 9.84 Å². The number of hydrogen-bond acceptors (Lipinski definition) is 3. The van der Waals surface area contributed by atoms with Crippen molar-refractivity contribution in [1.29, 1.82) is 0 Å². The number of ether oxygens (including phenoxy) is 1. The summed E-state index contributed by atoms with van der Waals surface area (Å²) < 4.78 is 32.5. The van der Waals surface area contributed by atoms with E-state index in [0.29, 0.717) is 12.7 Å². The maximum absolute atomic E-state index is 14.0. The molecule has 0 spiro atoms. The normalized spacial score (nSPS) is 13.6. The Morgan fingerprint density at radius 1 is 1.19 bits per heavy atom. The summed E-state index contributed by atoms with van der Waals surface area (Å²) in [6.07, 6.45) is 0.283. The summed E-state index contributed by atoms with van der Waals surface area (Å²) in [7, 11) is 0. The van der Waals surface area contributed by atoms with Crippen molar-refractivity contribution in [3.05, 3.63) is 64.7 Å². The van der Waals surface area contributed by atoms with Crippen LogP contribution in [0.5, 0.6) is 5.75 Å². The van der Waals surface area contributed by atoms with Gasteiger partial charge in [-0.25, -0.2) is 8.78 Å². The van der Waals surface area contributed by atoms with E-state index in [1.54, 1.807) is 12.1 Å². The number of nitrogens with one attached hydrogen (secondary N) is 1. The van der Waals surface area contributed by atoms with Crippen LogP contribution in [0.2, 0.25) is 0 Å². The lowest BCUT2D eigenvalue weighted by Crippen LogP contribution is -2.32. The Labute approximate surface area is 148 Å². The third kappa shape index (κ3) is 4.17. The number of carboxylic acids is 1. The Bertz CT molecular complexity index is 853. The van der Waals surface area contributed by atoms with Crippen LogP contribution in [0.1, 0.15) is 29.2 Å². The summed E-state index contributed by atoms with van der Waals surface area (Å²) in [5, 5.41) is 11.6. The quantitative estimate of drug-likeness (QED) is 0.830. The molecular formula is C19H17F2NO4. The molecular weight excluding hydrogens is 344 g/mol. The molecule has 3 rings (SSSR count). The highest BCUT2D eigenvalue weighted by molar-refractivity contribution is 5.80. The van der Waals surface area contributed by atoms with Crippen LogP contribution in [0.4, 0.5) is 8.78 Å². The highest BCUT2D eigenvalue weighted by Gasteiger charge is 2.22. The van der Waals surface area contributed by atoms with Gasteiger partial charge < -0.3 is 15.2 Å². The SMILES string of the molecule is O=C(O)C[C@H](NC(=O)Cc1ccc2c(c1)CCO2)c1ccc(F)cc1F. The van der Waals surface area contributed by atoms with Gasteiger partial charge in [0.1, 0.15) is 17.4 Å². The zero-order valence-corrected chi connectivity index (χ0v) is 13.8. The van der Waals surface area contributed by atoms with Crippen LogP contribution in [0.3, 0.4) is 0 Å². The van der Waals surface area contributed by atoms with Crippen molar-refractivity contribution in [2.75, 3.05) is 6.61 Å². The average molecular weight is 361 g/mol. The lowest BCUT2D eigenvalue weighted by atomic mass is 10.0. The number of carbonyl (C=O) groups excluding carboxylic acids is 1. The van der Waals surface area contributed by atoms with Gasteiger partial charge in [0.25, 0.3) is 0 Å². The van der Waals surface area contributed by atoms with E-state index in [1.807, 2.05) is 6.07 Å². The second kappa shape index (κ2) is 7.51. The van der Waals surface area contributed by atoms with E-state index >= 15 is 0 Å². The maximum Gasteiger partial charge on any atom is 0.305 e. The van der Waals surface area contributed by atoms with Gasteiger partial charge in [-0.15, -0.1) is 0 Å². The number of carbonyl (C=O) groups is 2. The van der Waals surface area contributed by atoms with Crippen molar-refractivity contribution < 1.29 is 28.2 Å². The molecule has 1 amide bonds. The summed E-state index contributed by atoms with van der Waals surface area (Å²) in [4.78, 5) is 23.4. The second-order valence-electron chi connectivity index (χ2n) is 6.10. The van der Waals surface area contributed by atoms with Gasteiger partial charge in [0.2, 0.25) is 5.91 Å². The van der Waals surface area contributed by atoms with Crippen LogP contribution in [-0.2, 0) is 22.4 Å². The van der Waals surface area contributed by atoms with Crippen LogP contribution >= 0.6 is 0 Å². The number of rotatable bonds is 6. The molecule has 0 aromatic heterocycles. The van der Waals surface area contributed by atoms with E-state index < -0.39 is 36.0 Å². The van der Waals surface area contributed by atoms with Crippen molar-refractivity contribution in [2.45, 2.75) is 25.3 Å². The van der Waals surface area contributed by atoms with Crippen LogP contribution < -0.4 is 10.1 Å². The number of carboxylic acid groups (broad SMARTS) is 1. The smallest absolute Gasteiger partial charge is 0.305 e. The predicted molar refractivity (Wildman–Crippen MR) is 88.8 cm³/mol. The molecule has 0 radical (unpaired) electrons. The molecule has 136 valence electrons. The highest BCUT2D eigenvalue weighted by Crippen LogP contribution is 2.26. The van der Waals surface area contributed by atoms with Crippen LogP contribution in [0.15, 0.2) is 36.4 Å². The molecule has 7 heteroatoms. The second-order valence-corrected chi connectivity index (χ2v) is 6.10. The number of hydrogen-bond donors (Lipinski definition) is 2. The highest BCUT2D eigenvalue weighted by atomic mass is 19.1. The van der Waals surface area contributed by atoms with E-state index in [9.17, 15) is 18.4 Å². The fraction of sp³-hybridized carbons (Fsp3) is 0.263. The fourth-order valence-corrected chi connectivity index (χ4v) is 2.98. The van der Waals surface area contributed by atoms with Gasteiger partial charge in [0, 0.05) is 18.1 Å². The molecule has 2 aromatic carbocycles. The average Bonchev–Trinajstić information content (AvgIpc) is 3.01. The third-order valence-electron chi connectivity index (χ3n) is 4.17. The minimum absolute atomic E-state index is 0.0201. The Balaban J connectivity index is 1.73. The first-order valence-electron chi connectivity index (χ1n) is 8.13. The standard InChI is InChI=1S/C19H17F2NO4/c20-13-2-3-14(15(21)9-13)16(10-19(24)25)22-18(23)8-11-1-4-17-12(7-11)5-6-26-17/h1-4,7,9,16H,5-6,8,10H2,(H,22,23)(H,24,25)/t16-/m0/s1. The third-order valence-corrected chi connectivity index (χ3v) is 4.17. The van der Waals surface area contributed by atoms with Crippen molar-refractivity contribution in [2.24, 2.45) is 0 Å². The van der Waals surface area contributed by atoms with Crippen LogP contribution in [-0.4, -0.2) is 23.6 Å². The zero-order valence-electron chi connectivity index (χ0n) is 13.8. The first-order valence-corrected chi connectivity index (χ1v) is 8.13. The van der Waals surface area contributed by atoms with Crippen molar-refractivity contribution in [3.8, 4) is 5.75 Å². The van der Waals surface area contributed by atoms with E-state index in [1.165, 1.54) is 0 Å². The molecule has 0 saturated heterocycles. The lowest BCUT2D eigenvalue weighted by molar-refractivity contribution is -0.137. The topological polar surface area (TPSA) is 75.6 Å². The molecule has 1 atom stereocenters. The molecule has 0 aliphatic carbocycles. The minimum Gasteiger partial charge on any atom is -0.493 e.